The molecule has 0 aliphatic heterocycles. The summed E-state index contributed by atoms with van der Waals surface area (Å²) in [6, 6.07) is 10.9. The third-order valence-electron chi connectivity index (χ3n) is 3.74. The molecule has 0 aliphatic rings. The highest BCUT2D eigenvalue weighted by atomic mass is 19.4. The summed E-state index contributed by atoms with van der Waals surface area (Å²) in [6.45, 7) is 0. The third kappa shape index (κ3) is 2.44. The molecule has 7 heteroatoms. The van der Waals surface area contributed by atoms with Gasteiger partial charge >= 0.3 is 6.18 Å². The number of halogens is 3. The van der Waals surface area contributed by atoms with Gasteiger partial charge in [0.25, 0.3) is 0 Å². The molecule has 24 heavy (non-hydrogen) atoms. The van der Waals surface area contributed by atoms with Crippen LogP contribution >= 0.6 is 0 Å². The Morgan fingerprint density at radius 2 is 1.67 bits per heavy atom. The Bertz CT molecular complexity index is 1000. The fraction of sp³-hybridized carbons (Fsp3) is 0.0588. The summed E-state index contributed by atoms with van der Waals surface area (Å²) in [5.41, 5.74) is 1.70. The standard InChI is InChI=1S/C17H11F3N4/c18-17(19,20)10-5-6-13-14(9-10)24-16(23-13)12-4-2-1-3-11(12)15-21-7-8-22-15/h1-9H,(H,21,22)(H,23,24). The number of alkyl halides is 3. The largest absolute Gasteiger partial charge is 0.416 e. The molecule has 0 unspecified atom stereocenters. The first kappa shape index (κ1) is 14.5. The maximum Gasteiger partial charge on any atom is 0.416 e. The lowest BCUT2D eigenvalue weighted by atomic mass is 10.1. The van der Waals surface area contributed by atoms with Gasteiger partial charge in [0.05, 0.1) is 16.6 Å². The number of aromatic nitrogens is 4. The van der Waals surface area contributed by atoms with Crippen LogP contribution in [0.1, 0.15) is 5.56 Å². The topological polar surface area (TPSA) is 57.4 Å². The van der Waals surface area contributed by atoms with Crippen LogP contribution in [0.15, 0.2) is 54.9 Å². The number of nitrogens with one attached hydrogen (secondary N) is 2. The van der Waals surface area contributed by atoms with E-state index in [4.69, 9.17) is 0 Å². The van der Waals surface area contributed by atoms with Crippen molar-refractivity contribution in [2.24, 2.45) is 0 Å². The van der Waals surface area contributed by atoms with Gasteiger partial charge in [0, 0.05) is 23.5 Å². The van der Waals surface area contributed by atoms with Gasteiger partial charge in [-0.15, -0.1) is 0 Å². The zero-order chi connectivity index (χ0) is 16.7. The first-order valence-electron chi connectivity index (χ1n) is 7.18. The number of rotatable bonds is 2. The van der Waals surface area contributed by atoms with Gasteiger partial charge in [-0.1, -0.05) is 24.3 Å². The lowest BCUT2D eigenvalue weighted by Crippen LogP contribution is -2.04. The van der Waals surface area contributed by atoms with Crippen LogP contribution in [0.25, 0.3) is 33.8 Å². The van der Waals surface area contributed by atoms with Gasteiger partial charge in [-0.2, -0.15) is 13.2 Å². The second-order valence-corrected chi connectivity index (χ2v) is 5.30. The molecule has 0 bridgehead atoms. The van der Waals surface area contributed by atoms with E-state index < -0.39 is 11.7 Å². The zero-order valence-electron chi connectivity index (χ0n) is 12.2. The Kier molecular flexibility index (Phi) is 3.16. The van der Waals surface area contributed by atoms with E-state index in [0.717, 1.165) is 23.3 Å². The van der Waals surface area contributed by atoms with Crippen LogP contribution < -0.4 is 0 Å². The number of benzene rings is 2. The van der Waals surface area contributed by atoms with Gasteiger partial charge in [-0.3, -0.25) is 0 Å². The number of H-pyrrole nitrogens is 2. The van der Waals surface area contributed by atoms with E-state index in [2.05, 4.69) is 19.9 Å². The molecule has 4 nitrogen and oxygen atoms in total. The molecule has 120 valence electrons. The molecule has 0 saturated heterocycles. The van der Waals surface area contributed by atoms with E-state index in [1.807, 2.05) is 24.3 Å². The van der Waals surface area contributed by atoms with E-state index in [1.54, 1.807) is 12.4 Å². The van der Waals surface area contributed by atoms with Gasteiger partial charge in [0.15, 0.2) is 0 Å². The maximum absolute atomic E-state index is 12.8. The molecule has 4 rings (SSSR count). The molecule has 2 aromatic carbocycles. The first-order chi connectivity index (χ1) is 11.5. The molecule has 0 fully saturated rings. The van der Waals surface area contributed by atoms with Crippen LogP contribution in [0.2, 0.25) is 0 Å². The number of hydrogen-bond acceptors (Lipinski definition) is 2. The fourth-order valence-electron chi connectivity index (χ4n) is 2.62. The predicted octanol–water partition coefficient (Wildman–Crippen LogP) is 4.64. The molecule has 0 saturated carbocycles. The molecule has 0 aliphatic carbocycles. The first-order valence-corrected chi connectivity index (χ1v) is 7.18. The summed E-state index contributed by atoms with van der Waals surface area (Å²) in [6.07, 6.45) is -1.04. The highest BCUT2D eigenvalue weighted by molar-refractivity contribution is 5.84. The quantitative estimate of drug-likeness (QED) is 0.563. The molecule has 0 atom stereocenters. The van der Waals surface area contributed by atoms with Gasteiger partial charge in [-0.05, 0) is 18.2 Å². The summed E-state index contributed by atoms with van der Waals surface area (Å²) >= 11 is 0. The van der Waals surface area contributed by atoms with Gasteiger partial charge in [-0.25, -0.2) is 9.97 Å². The minimum atomic E-state index is -4.38. The summed E-state index contributed by atoms with van der Waals surface area (Å²) < 4.78 is 38.5. The van der Waals surface area contributed by atoms with Crippen molar-refractivity contribution >= 4 is 11.0 Å². The summed E-state index contributed by atoms with van der Waals surface area (Å²) in [5, 5.41) is 0. The highest BCUT2D eigenvalue weighted by Gasteiger charge is 2.30. The monoisotopic (exact) mass is 328 g/mol. The van der Waals surface area contributed by atoms with E-state index in [-0.39, 0.29) is 0 Å². The second-order valence-electron chi connectivity index (χ2n) is 5.30. The molecule has 2 N–H and O–H groups in total. The highest BCUT2D eigenvalue weighted by Crippen LogP contribution is 2.33. The summed E-state index contributed by atoms with van der Waals surface area (Å²) in [7, 11) is 0. The van der Waals surface area contributed by atoms with Gasteiger partial charge < -0.3 is 9.97 Å². The lowest BCUT2D eigenvalue weighted by molar-refractivity contribution is -0.137. The number of fused-ring (bicyclic) bond motifs is 1. The van der Waals surface area contributed by atoms with Crippen LogP contribution in [-0.4, -0.2) is 19.9 Å². The zero-order valence-corrected chi connectivity index (χ0v) is 12.2. The van der Waals surface area contributed by atoms with Gasteiger partial charge in [0.2, 0.25) is 0 Å². The Labute approximate surface area is 134 Å². The van der Waals surface area contributed by atoms with Crippen molar-refractivity contribution in [1.82, 2.24) is 19.9 Å². The maximum atomic E-state index is 12.8. The average Bonchev–Trinajstić information content (AvgIpc) is 3.22. The van der Waals surface area contributed by atoms with Crippen molar-refractivity contribution in [3.8, 4) is 22.8 Å². The molecule has 2 heterocycles. The number of imidazole rings is 2. The Hall–Kier alpha value is -3.09. The van der Waals surface area contributed by atoms with Gasteiger partial charge in [0.1, 0.15) is 11.6 Å². The van der Waals surface area contributed by atoms with E-state index in [9.17, 15) is 13.2 Å². The second kappa shape index (κ2) is 5.23. The third-order valence-corrected chi connectivity index (χ3v) is 3.74. The number of nitrogens with zero attached hydrogens (tertiary/aromatic N) is 2. The molecular formula is C17H11F3N4. The normalized spacial score (nSPS) is 12.0. The van der Waals surface area contributed by atoms with Crippen molar-refractivity contribution < 1.29 is 13.2 Å². The Balaban J connectivity index is 1.86. The van der Waals surface area contributed by atoms with E-state index in [0.29, 0.717) is 22.7 Å². The summed E-state index contributed by atoms with van der Waals surface area (Å²) in [4.78, 5) is 14.6. The van der Waals surface area contributed by atoms with Crippen LogP contribution in [0.5, 0.6) is 0 Å². The van der Waals surface area contributed by atoms with E-state index in [1.165, 1.54) is 6.07 Å². The molecule has 0 amide bonds. The van der Waals surface area contributed by atoms with Crippen molar-refractivity contribution in [1.29, 1.82) is 0 Å². The molecule has 4 aromatic rings. The van der Waals surface area contributed by atoms with Crippen LogP contribution in [0.3, 0.4) is 0 Å². The van der Waals surface area contributed by atoms with Crippen LogP contribution in [0.4, 0.5) is 13.2 Å². The van der Waals surface area contributed by atoms with Crippen LogP contribution in [-0.2, 0) is 6.18 Å². The van der Waals surface area contributed by atoms with Crippen molar-refractivity contribution in [2.45, 2.75) is 6.18 Å². The molecule has 2 aromatic heterocycles. The van der Waals surface area contributed by atoms with Crippen molar-refractivity contribution in [3.63, 3.8) is 0 Å². The number of aromatic amines is 2. The molecule has 0 radical (unpaired) electrons. The Morgan fingerprint density at radius 3 is 2.33 bits per heavy atom. The predicted molar refractivity (Wildman–Crippen MR) is 84.1 cm³/mol. The average molecular weight is 328 g/mol. The smallest absolute Gasteiger partial charge is 0.345 e. The van der Waals surface area contributed by atoms with E-state index >= 15 is 0 Å². The van der Waals surface area contributed by atoms with Crippen LogP contribution in [0, 0.1) is 0 Å². The van der Waals surface area contributed by atoms with Crippen molar-refractivity contribution in [2.75, 3.05) is 0 Å². The SMILES string of the molecule is FC(F)(F)c1ccc2nc(-c3ccccc3-c3ncc[nH]3)[nH]c2c1. The molecular weight excluding hydrogens is 317 g/mol. The minimum absolute atomic E-state index is 0.342. The number of hydrogen-bond donors (Lipinski definition) is 2. The van der Waals surface area contributed by atoms with Crippen molar-refractivity contribution in [3.05, 3.63) is 60.4 Å². The molecule has 0 spiro atoms. The Morgan fingerprint density at radius 1 is 0.917 bits per heavy atom. The minimum Gasteiger partial charge on any atom is -0.345 e. The lowest BCUT2D eigenvalue weighted by Gasteiger charge is -2.05. The summed E-state index contributed by atoms with van der Waals surface area (Å²) in [5.74, 6) is 1.17. The fourth-order valence-corrected chi connectivity index (χ4v) is 2.62.